The molecule has 1 aromatic heterocycles. The van der Waals surface area contributed by atoms with Gasteiger partial charge in [0.2, 0.25) is 10.0 Å². The molecule has 0 aromatic carbocycles. The highest BCUT2D eigenvalue weighted by Gasteiger charge is 2.07. The van der Waals surface area contributed by atoms with Crippen LogP contribution < -0.4 is 4.72 Å². The minimum atomic E-state index is -3.23. The second-order valence-electron chi connectivity index (χ2n) is 2.57. The van der Waals surface area contributed by atoms with Gasteiger partial charge in [-0.05, 0) is 0 Å². The summed E-state index contributed by atoms with van der Waals surface area (Å²) in [6.45, 7) is 0.754. The van der Waals surface area contributed by atoms with Crippen LogP contribution >= 0.6 is 11.6 Å². The van der Waals surface area contributed by atoms with E-state index in [0.29, 0.717) is 13.1 Å². The molecular formula is C6H11ClN4O2S. The van der Waals surface area contributed by atoms with Crippen molar-refractivity contribution in [2.45, 2.75) is 6.54 Å². The van der Waals surface area contributed by atoms with Gasteiger partial charge in [0.05, 0.1) is 18.5 Å². The van der Waals surface area contributed by atoms with E-state index in [1.807, 2.05) is 0 Å². The predicted molar refractivity (Wildman–Crippen MR) is 52.5 cm³/mol. The molecule has 6 nitrogen and oxygen atoms in total. The zero-order valence-corrected chi connectivity index (χ0v) is 9.00. The fraction of sp³-hybridized carbons (Fsp3) is 0.667. The largest absolute Gasteiger partial charge is 0.251 e. The highest BCUT2D eigenvalue weighted by molar-refractivity contribution is 7.89. The first-order valence-corrected chi connectivity index (χ1v) is 6.20. The fourth-order valence-electron chi connectivity index (χ4n) is 0.841. The third-order valence-corrected chi connectivity index (χ3v) is 3.28. The van der Waals surface area contributed by atoms with Crippen molar-refractivity contribution in [2.75, 3.05) is 18.2 Å². The van der Waals surface area contributed by atoms with Crippen LogP contribution in [0.2, 0.25) is 0 Å². The Hall–Kier alpha value is -0.660. The summed E-state index contributed by atoms with van der Waals surface area (Å²) in [7, 11) is -3.23. The molecular weight excluding hydrogens is 228 g/mol. The van der Waals surface area contributed by atoms with E-state index < -0.39 is 10.0 Å². The van der Waals surface area contributed by atoms with Crippen LogP contribution in [-0.2, 0) is 16.6 Å². The van der Waals surface area contributed by atoms with Crippen LogP contribution in [0.15, 0.2) is 12.4 Å². The summed E-state index contributed by atoms with van der Waals surface area (Å²) in [4.78, 5) is 0. The number of sulfonamides is 1. The van der Waals surface area contributed by atoms with Gasteiger partial charge in [0, 0.05) is 18.6 Å². The molecule has 0 saturated carbocycles. The Labute approximate surface area is 87.3 Å². The normalized spacial score (nSPS) is 11.8. The van der Waals surface area contributed by atoms with E-state index in [4.69, 9.17) is 11.6 Å². The molecule has 1 N–H and O–H groups in total. The number of hydrogen-bond donors (Lipinski definition) is 1. The lowest BCUT2D eigenvalue weighted by Gasteiger charge is -2.04. The van der Waals surface area contributed by atoms with Gasteiger partial charge in [-0.1, -0.05) is 5.21 Å². The van der Waals surface area contributed by atoms with Crippen LogP contribution in [0, 0.1) is 0 Å². The Morgan fingerprint density at radius 2 is 2.29 bits per heavy atom. The maximum atomic E-state index is 11.1. The molecule has 80 valence electrons. The Balaban J connectivity index is 2.28. The molecule has 8 heteroatoms. The van der Waals surface area contributed by atoms with Gasteiger partial charge in [0.15, 0.2) is 0 Å². The van der Waals surface area contributed by atoms with Crippen molar-refractivity contribution in [3.05, 3.63) is 12.4 Å². The number of hydrogen-bond acceptors (Lipinski definition) is 4. The maximum absolute atomic E-state index is 11.1. The minimum Gasteiger partial charge on any atom is -0.251 e. The van der Waals surface area contributed by atoms with Gasteiger partial charge in [-0.15, -0.1) is 16.7 Å². The number of nitrogens with one attached hydrogen (secondary N) is 1. The smallest absolute Gasteiger partial charge is 0.212 e. The van der Waals surface area contributed by atoms with E-state index in [2.05, 4.69) is 15.0 Å². The van der Waals surface area contributed by atoms with Crippen molar-refractivity contribution in [3.63, 3.8) is 0 Å². The summed E-state index contributed by atoms with van der Waals surface area (Å²) in [6, 6.07) is 0. The molecule has 0 atom stereocenters. The summed E-state index contributed by atoms with van der Waals surface area (Å²) in [5, 5.41) is 7.28. The third kappa shape index (κ3) is 4.03. The maximum Gasteiger partial charge on any atom is 0.212 e. The Bertz CT molecular complexity index is 350. The molecule has 0 spiro atoms. The lowest BCUT2D eigenvalue weighted by molar-refractivity contribution is 0.554. The van der Waals surface area contributed by atoms with Gasteiger partial charge in [-0.25, -0.2) is 13.1 Å². The molecule has 1 heterocycles. The number of halogens is 1. The average molecular weight is 239 g/mol. The van der Waals surface area contributed by atoms with Gasteiger partial charge in [-0.2, -0.15) is 0 Å². The molecule has 0 radical (unpaired) electrons. The lowest BCUT2D eigenvalue weighted by atomic mass is 10.6. The molecule has 14 heavy (non-hydrogen) atoms. The fourth-order valence-corrected chi connectivity index (χ4v) is 2.20. The van der Waals surface area contributed by atoms with Crippen molar-refractivity contribution in [2.24, 2.45) is 0 Å². The number of aromatic nitrogens is 3. The van der Waals surface area contributed by atoms with Gasteiger partial charge in [0.25, 0.3) is 0 Å². The van der Waals surface area contributed by atoms with Crippen LogP contribution in [0.4, 0.5) is 0 Å². The van der Waals surface area contributed by atoms with Crippen LogP contribution in [-0.4, -0.2) is 41.6 Å². The highest BCUT2D eigenvalue weighted by atomic mass is 35.5. The Morgan fingerprint density at radius 1 is 1.50 bits per heavy atom. The molecule has 1 rings (SSSR count). The van der Waals surface area contributed by atoms with Gasteiger partial charge in [0.1, 0.15) is 0 Å². The first-order valence-electron chi connectivity index (χ1n) is 4.01. The molecule has 0 aliphatic heterocycles. The predicted octanol–water partition coefficient (Wildman–Crippen LogP) is -0.564. The monoisotopic (exact) mass is 238 g/mol. The van der Waals surface area contributed by atoms with E-state index in [-0.39, 0.29) is 11.6 Å². The highest BCUT2D eigenvalue weighted by Crippen LogP contribution is 1.87. The standard InChI is InChI=1S/C6H11ClN4O2S/c7-1-6-14(12,13)9-3-5-11-4-2-8-10-11/h2,4,9H,1,3,5-6H2. The van der Waals surface area contributed by atoms with Crippen molar-refractivity contribution in [3.8, 4) is 0 Å². The van der Waals surface area contributed by atoms with Crippen LogP contribution in [0.3, 0.4) is 0 Å². The molecule has 0 fully saturated rings. The molecule has 0 unspecified atom stereocenters. The quantitative estimate of drug-likeness (QED) is 0.674. The number of alkyl halides is 1. The van der Waals surface area contributed by atoms with Crippen LogP contribution in [0.5, 0.6) is 0 Å². The molecule has 0 bridgehead atoms. The SMILES string of the molecule is O=S(=O)(CCCl)NCCn1ccnn1. The summed E-state index contributed by atoms with van der Waals surface area (Å²) in [5.41, 5.74) is 0. The molecule has 0 amide bonds. The summed E-state index contributed by atoms with van der Waals surface area (Å²) in [6.07, 6.45) is 3.20. The van der Waals surface area contributed by atoms with E-state index in [1.165, 1.54) is 6.20 Å². The average Bonchev–Trinajstić information content (AvgIpc) is 2.56. The van der Waals surface area contributed by atoms with Gasteiger partial charge >= 0.3 is 0 Å². The van der Waals surface area contributed by atoms with Crippen molar-refractivity contribution < 1.29 is 8.42 Å². The van der Waals surface area contributed by atoms with Crippen molar-refractivity contribution in [1.29, 1.82) is 0 Å². The molecule has 0 saturated heterocycles. The lowest BCUT2D eigenvalue weighted by Crippen LogP contribution is -2.30. The summed E-state index contributed by atoms with van der Waals surface area (Å²) >= 11 is 5.32. The van der Waals surface area contributed by atoms with E-state index in [1.54, 1.807) is 10.9 Å². The first-order chi connectivity index (χ1) is 6.64. The van der Waals surface area contributed by atoms with Gasteiger partial charge < -0.3 is 0 Å². The summed E-state index contributed by atoms with van der Waals surface area (Å²) in [5.74, 6) is 0.0323. The molecule has 0 aliphatic carbocycles. The zero-order chi connectivity index (χ0) is 10.4. The van der Waals surface area contributed by atoms with Crippen LogP contribution in [0.25, 0.3) is 0 Å². The first kappa shape index (κ1) is 11.4. The van der Waals surface area contributed by atoms with Crippen molar-refractivity contribution >= 4 is 21.6 Å². The van der Waals surface area contributed by atoms with E-state index in [0.717, 1.165) is 0 Å². The van der Waals surface area contributed by atoms with E-state index >= 15 is 0 Å². The third-order valence-electron chi connectivity index (χ3n) is 1.48. The summed E-state index contributed by atoms with van der Waals surface area (Å²) < 4.78 is 26.2. The Kier molecular flexibility index (Phi) is 4.30. The van der Waals surface area contributed by atoms with Crippen molar-refractivity contribution in [1.82, 2.24) is 19.7 Å². The topological polar surface area (TPSA) is 76.9 Å². The number of rotatable bonds is 6. The Morgan fingerprint density at radius 3 is 2.86 bits per heavy atom. The number of nitrogens with zero attached hydrogens (tertiary/aromatic N) is 3. The molecule has 1 aromatic rings. The second-order valence-corrected chi connectivity index (χ2v) is 4.87. The molecule has 0 aliphatic rings. The van der Waals surface area contributed by atoms with Crippen LogP contribution in [0.1, 0.15) is 0 Å². The van der Waals surface area contributed by atoms with E-state index in [9.17, 15) is 8.42 Å². The second kappa shape index (κ2) is 5.28. The minimum absolute atomic E-state index is 0.0636. The van der Waals surface area contributed by atoms with Gasteiger partial charge in [-0.3, -0.25) is 4.68 Å². The zero-order valence-electron chi connectivity index (χ0n) is 7.43.